The number of H-pyrrole nitrogens is 1. The van der Waals surface area contributed by atoms with Crippen LogP contribution in [0.4, 0.5) is 17.5 Å². The summed E-state index contributed by atoms with van der Waals surface area (Å²) in [5, 5.41) is 16.7. The number of rotatable bonds is 6. The van der Waals surface area contributed by atoms with Crippen molar-refractivity contribution in [3.8, 4) is 11.8 Å². The molecule has 0 bridgehead atoms. The maximum Gasteiger partial charge on any atom is 0.254 e. The molecule has 0 saturated carbocycles. The molecular formula is C24H27N7O3. The lowest BCUT2D eigenvalue weighted by atomic mass is 10.0. The predicted molar refractivity (Wildman–Crippen MR) is 128 cm³/mol. The number of anilines is 3. The Kier molecular flexibility index (Phi) is 5.94. The number of hydrogen-bond acceptors (Lipinski definition) is 8. The average Bonchev–Trinajstić information content (AvgIpc) is 3.50. The molecule has 0 radical (unpaired) electrons. The van der Waals surface area contributed by atoms with Gasteiger partial charge in [-0.2, -0.15) is 15.2 Å². The third kappa shape index (κ3) is 4.10. The van der Waals surface area contributed by atoms with Crippen LogP contribution in [0.15, 0.2) is 18.3 Å². The van der Waals surface area contributed by atoms with Crippen molar-refractivity contribution in [3.63, 3.8) is 0 Å². The van der Waals surface area contributed by atoms with Gasteiger partial charge in [0.25, 0.3) is 5.91 Å². The zero-order chi connectivity index (χ0) is 23.7. The van der Waals surface area contributed by atoms with E-state index in [4.69, 9.17) is 9.47 Å². The molecule has 2 aliphatic rings. The number of nitriles is 1. The number of hydrogen-bond donors (Lipinski definition) is 3. The summed E-state index contributed by atoms with van der Waals surface area (Å²) in [6.07, 6.45) is 2.30. The maximum atomic E-state index is 13.1. The van der Waals surface area contributed by atoms with Crippen molar-refractivity contribution in [3.05, 3.63) is 35.0 Å². The van der Waals surface area contributed by atoms with Crippen LogP contribution in [0.3, 0.4) is 0 Å². The van der Waals surface area contributed by atoms with E-state index in [0.29, 0.717) is 97.2 Å². The zero-order valence-electron chi connectivity index (χ0n) is 19.3. The lowest BCUT2D eigenvalue weighted by Crippen LogP contribution is -2.41. The SMILES string of the molecule is CC(C)CNc1nc(Nc2ccc(C(=O)N3CCOCC3)c3c2OCC3)nc2[nH]cc(C#N)c12. The number of benzene rings is 1. The molecule has 1 saturated heterocycles. The van der Waals surface area contributed by atoms with Crippen LogP contribution in [-0.2, 0) is 11.2 Å². The molecule has 0 aliphatic carbocycles. The molecule has 3 N–H and O–H groups in total. The van der Waals surface area contributed by atoms with Crippen LogP contribution in [-0.4, -0.2) is 65.2 Å². The van der Waals surface area contributed by atoms with E-state index in [-0.39, 0.29) is 5.91 Å². The number of aromatic amines is 1. The fourth-order valence-corrected chi connectivity index (χ4v) is 4.26. The number of carbonyl (C=O) groups excluding carboxylic acids is 1. The molecule has 176 valence electrons. The van der Waals surface area contributed by atoms with Gasteiger partial charge in [-0.25, -0.2) is 0 Å². The minimum atomic E-state index is 0.00450. The van der Waals surface area contributed by atoms with Crippen molar-refractivity contribution in [2.45, 2.75) is 20.3 Å². The van der Waals surface area contributed by atoms with Gasteiger partial charge in [0.15, 0.2) is 0 Å². The first-order valence-electron chi connectivity index (χ1n) is 11.5. The molecule has 1 amide bonds. The number of fused-ring (bicyclic) bond motifs is 2. The van der Waals surface area contributed by atoms with E-state index >= 15 is 0 Å². The molecule has 5 rings (SSSR count). The van der Waals surface area contributed by atoms with Crippen molar-refractivity contribution in [1.29, 1.82) is 5.26 Å². The molecule has 10 nitrogen and oxygen atoms in total. The Hall–Kier alpha value is -3.84. The summed E-state index contributed by atoms with van der Waals surface area (Å²) in [7, 11) is 0. The average molecular weight is 462 g/mol. The van der Waals surface area contributed by atoms with Gasteiger partial charge < -0.3 is 30.0 Å². The van der Waals surface area contributed by atoms with E-state index in [9.17, 15) is 10.1 Å². The number of morpholine rings is 1. The third-order valence-corrected chi connectivity index (χ3v) is 5.96. The second kappa shape index (κ2) is 9.19. The number of carbonyl (C=O) groups is 1. The lowest BCUT2D eigenvalue weighted by Gasteiger charge is -2.27. The Morgan fingerprint density at radius 2 is 2.09 bits per heavy atom. The fourth-order valence-electron chi connectivity index (χ4n) is 4.26. The van der Waals surface area contributed by atoms with E-state index in [1.807, 2.05) is 17.0 Å². The van der Waals surface area contributed by atoms with Crippen LogP contribution in [0, 0.1) is 17.2 Å². The number of ether oxygens (including phenoxy) is 2. The molecular weight excluding hydrogens is 434 g/mol. The fraction of sp³-hybridized carbons (Fsp3) is 0.417. The molecule has 1 aromatic carbocycles. The summed E-state index contributed by atoms with van der Waals surface area (Å²) >= 11 is 0. The highest BCUT2D eigenvalue weighted by atomic mass is 16.5. The van der Waals surface area contributed by atoms with Crippen molar-refractivity contribution in [2.24, 2.45) is 5.92 Å². The van der Waals surface area contributed by atoms with E-state index in [1.54, 1.807) is 6.20 Å². The number of amides is 1. The van der Waals surface area contributed by atoms with Crippen LogP contribution in [0.5, 0.6) is 5.75 Å². The van der Waals surface area contributed by atoms with Gasteiger partial charge in [0.1, 0.15) is 23.3 Å². The highest BCUT2D eigenvalue weighted by molar-refractivity contribution is 5.98. The van der Waals surface area contributed by atoms with E-state index < -0.39 is 0 Å². The van der Waals surface area contributed by atoms with Gasteiger partial charge in [0.2, 0.25) is 5.95 Å². The normalized spacial score (nSPS) is 15.2. The van der Waals surface area contributed by atoms with Gasteiger partial charge in [-0.1, -0.05) is 13.8 Å². The van der Waals surface area contributed by atoms with Crippen LogP contribution >= 0.6 is 0 Å². The zero-order valence-corrected chi connectivity index (χ0v) is 19.3. The maximum absolute atomic E-state index is 13.1. The lowest BCUT2D eigenvalue weighted by molar-refractivity contribution is 0.0302. The summed E-state index contributed by atoms with van der Waals surface area (Å²) in [6, 6.07) is 5.86. The van der Waals surface area contributed by atoms with Gasteiger partial charge in [-0.15, -0.1) is 0 Å². The quantitative estimate of drug-likeness (QED) is 0.511. The van der Waals surface area contributed by atoms with Gasteiger partial charge in [0, 0.05) is 43.4 Å². The molecule has 3 aromatic rings. The molecule has 2 aromatic heterocycles. The topological polar surface area (TPSA) is 128 Å². The van der Waals surface area contributed by atoms with Crippen LogP contribution in [0.2, 0.25) is 0 Å². The summed E-state index contributed by atoms with van der Waals surface area (Å²) in [6.45, 7) is 7.73. The molecule has 0 atom stereocenters. The van der Waals surface area contributed by atoms with Gasteiger partial charge in [-0.05, 0) is 18.1 Å². The molecule has 10 heteroatoms. The number of aromatic nitrogens is 3. The highest BCUT2D eigenvalue weighted by Gasteiger charge is 2.27. The van der Waals surface area contributed by atoms with Crippen molar-refractivity contribution >= 4 is 34.4 Å². The van der Waals surface area contributed by atoms with E-state index in [2.05, 4.69) is 45.5 Å². The van der Waals surface area contributed by atoms with Gasteiger partial charge in [-0.3, -0.25) is 4.79 Å². The number of nitrogens with one attached hydrogen (secondary N) is 3. The Labute approximate surface area is 197 Å². The standard InChI is InChI=1S/C24H27N7O3/c1-14(2)12-26-21-19-15(11-25)13-27-22(19)30-24(29-21)28-18-4-3-17(16-5-8-34-20(16)18)23(32)31-6-9-33-10-7-31/h3-4,13-14H,5-10,12H2,1-2H3,(H3,26,27,28,29,30). The smallest absolute Gasteiger partial charge is 0.254 e. The molecule has 0 spiro atoms. The minimum absolute atomic E-state index is 0.00450. The van der Waals surface area contributed by atoms with Crippen LogP contribution in [0.1, 0.15) is 35.3 Å². The highest BCUT2D eigenvalue weighted by Crippen LogP contribution is 2.38. The summed E-state index contributed by atoms with van der Waals surface area (Å²) < 4.78 is 11.3. The van der Waals surface area contributed by atoms with Crippen molar-refractivity contribution in [1.82, 2.24) is 19.9 Å². The Balaban J connectivity index is 1.47. The molecule has 2 aliphatic heterocycles. The second-order valence-electron chi connectivity index (χ2n) is 8.80. The first-order valence-corrected chi connectivity index (χ1v) is 11.5. The monoisotopic (exact) mass is 461 g/mol. The number of nitrogens with zero attached hydrogens (tertiary/aromatic N) is 4. The largest absolute Gasteiger partial charge is 0.491 e. The molecule has 4 heterocycles. The Morgan fingerprint density at radius 1 is 1.26 bits per heavy atom. The van der Waals surface area contributed by atoms with Gasteiger partial charge >= 0.3 is 0 Å². The van der Waals surface area contributed by atoms with Crippen LogP contribution < -0.4 is 15.4 Å². The second-order valence-corrected chi connectivity index (χ2v) is 8.80. The van der Waals surface area contributed by atoms with E-state index in [0.717, 1.165) is 5.56 Å². The summed E-state index contributed by atoms with van der Waals surface area (Å²) in [5.41, 5.74) is 3.32. The van der Waals surface area contributed by atoms with Gasteiger partial charge in [0.05, 0.1) is 36.5 Å². The summed E-state index contributed by atoms with van der Waals surface area (Å²) in [5.74, 6) is 2.03. The molecule has 1 fully saturated rings. The van der Waals surface area contributed by atoms with Crippen molar-refractivity contribution in [2.75, 3.05) is 50.1 Å². The minimum Gasteiger partial charge on any atom is -0.491 e. The Morgan fingerprint density at radius 3 is 2.85 bits per heavy atom. The van der Waals surface area contributed by atoms with E-state index in [1.165, 1.54) is 0 Å². The third-order valence-electron chi connectivity index (χ3n) is 5.96. The van der Waals surface area contributed by atoms with Crippen molar-refractivity contribution < 1.29 is 14.3 Å². The first kappa shape index (κ1) is 22.0. The Bertz CT molecular complexity index is 1270. The summed E-state index contributed by atoms with van der Waals surface area (Å²) in [4.78, 5) is 27.2. The molecule has 34 heavy (non-hydrogen) atoms. The first-order chi connectivity index (χ1) is 16.5. The van der Waals surface area contributed by atoms with Crippen LogP contribution in [0.25, 0.3) is 11.0 Å². The predicted octanol–water partition coefficient (Wildman–Crippen LogP) is 3.05. The molecule has 0 unspecified atom stereocenters.